The Labute approximate surface area is 97.2 Å². The van der Waals surface area contributed by atoms with E-state index in [4.69, 9.17) is 4.74 Å². The molecule has 2 fully saturated rings. The van der Waals surface area contributed by atoms with E-state index in [0.29, 0.717) is 6.42 Å². The van der Waals surface area contributed by atoms with Crippen molar-refractivity contribution in [3.8, 4) is 0 Å². The Bertz CT molecular complexity index is 288. The third-order valence-electron chi connectivity index (χ3n) is 4.63. The number of rotatable bonds is 0. The summed E-state index contributed by atoms with van der Waals surface area (Å²) in [7, 11) is 0. The summed E-state index contributed by atoms with van der Waals surface area (Å²) in [6, 6.07) is 0. The summed E-state index contributed by atoms with van der Waals surface area (Å²) in [5.41, 5.74) is -1.69. The van der Waals surface area contributed by atoms with E-state index in [1.807, 2.05) is 6.92 Å². The van der Waals surface area contributed by atoms with Crippen molar-refractivity contribution in [3.63, 3.8) is 0 Å². The van der Waals surface area contributed by atoms with Gasteiger partial charge in [0.05, 0.1) is 0 Å². The lowest BCUT2D eigenvalue weighted by Crippen LogP contribution is -2.66. The van der Waals surface area contributed by atoms with Crippen molar-refractivity contribution >= 4 is 5.97 Å². The lowest BCUT2D eigenvalue weighted by molar-refractivity contribution is -0.255. The predicted molar refractivity (Wildman–Crippen MR) is 60.9 cm³/mol. The van der Waals surface area contributed by atoms with Crippen LogP contribution in [0.15, 0.2) is 0 Å². The van der Waals surface area contributed by atoms with Gasteiger partial charge in [-0.2, -0.15) is 0 Å². The van der Waals surface area contributed by atoms with Gasteiger partial charge in [0, 0.05) is 11.8 Å². The van der Waals surface area contributed by atoms with Crippen LogP contribution >= 0.6 is 0 Å². The van der Waals surface area contributed by atoms with Crippen molar-refractivity contribution < 1.29 is 14.6 Å². The van der Waals surface area contributed by atoms with Crippen molar-refractivity contribution in [2.45, 2.75) is 70.5 Å². The van der Waals surface area contributed by atoms with Gasteiger partial charge in [0.2, 0.25) is 0 Å². The fourth-order valence-electron chi connectivity index (χ4n) is 3.64. The van der Waals surface area contributed by atoms with Crippen molar-refractivity contribution in [1.29, 1.82) is 0 Å². The number of carbonyl (C=O) groups excluding carboxylic acids is 1. The number of hydrogen-bond acceptors (Lipinski definition) is 3. The van der Waals surface area contributed by atoms with Crippen LogP contribution in [0.5, 0.6) is 0 Å². The first-order valence-electron chi connectivity index (χ1n) is 6.25. The summed E-state index contributed by atoms with van der Waals surface area (Å²) < 4.78 is 5.66. The average molecular weight is 226 g/mol. The average Bonchev–Trinajstić information content (AvgIpc) is 2.14. The van der Waals surface area contributed by atoms with Crippen LogP contribution in [-0.4, -0.2) is 22.3 Å². The monoisotopic (exact) mass is 226 g/mol. The Hall–Kier alpha value is -0.570. The smallest absolute Gasteiger partial charge is 0.306 e. The quantitative estimate of drug-likeness (QED) is 0.645. The molecule has 0 radical (unpaired) electrons. The molecule has 1 saturated heterocycles. The highest BCUT2D eigenvalue weighted by Gasteiger charge is 2.62. The maximum absolute atomic E-state index is 11.6. The molecule has 0 aromatic rings. The molecule has 1 heterocycles. The third kappa shape index (κ3) is 1.48. The van der Waals surface area contributed by atoms with Gasteiger partial charge in [-0.1, -0.05) is 13.8 Å². The van der Waals surface area contributed by atoms with E-state index in [1.165, 1.54) is 0 Å². The van der Waals surface area contributed by atoms with E-state index in [0.717, 1.165) is 32.1 Å². The molecule has 1 saturated carbocycles. The van der Waals surface area contributed by atoms with Crippen LogP contribution in [0.2, 0.25) is 0 Å². The molecule has 0 bridgehead atoms. The van der Waals surface area contributed by atoms with Crippen molar-refractivity contribution in [2.24, 2.45) is 5.41 Å². The predicted octanol–water partition coefficient (Wildman–Crippen LogP) is 2.41. The molecule has 2 rings (SSSR count). The van der Waals surface area contributed by atoms with E-state index in [2.05, 4.69) is 13.8 Å². The molecule has 1 spiro atoms. The van der Waals surface area contributed by atoms with Crippen LogP contribution in [0.3, 0.4) is 0 Å². The minimum absolute atomic E-state index is 0.134. The second kappa shape index (κ2) is 3.46. The first kappa shape index (κ1) is 11.9. The van der Waals surface area contributed by atoms with Gasteiger partial charge in [-0.15, -0.1) is 0 Å². The summed E-state index contributed by atoms with van der Waals surface area (Å²) in [4.78, 5) is 11.6. The zero-order chi connectivity index (χ0) is 12.0. The van der Waals surface area contributed by atoms with Gasteiger partial charge in [0.1, 0.15) is 11.2 Å². The normalized spacial score (nSPS) is 43.1. The molecule has 1 aliphatic carbocycles. The fourth-order valence-corrected chi connectivity index (χ4v) is 3.64. The van der Waals surface area contributed by atoms with Crippen LogP contribution < -0.4 is 0 Å². The van der Waals surface area contributed by atoms with Gasteiger partial charge in [0.15, 0.2) is 0 Å². The van der Waals surface area contributed by atoms with Gasteiger partial charge in [-0.25, -0.2) is 0 Å². The van der Waals surface area contributed by atoms with E-state index >= 15 is 0 Å². The zero-order valence-electron chi connectivity index (χ0n) is 10.5. The zero-order valence-corrected chi connectivity index (χ0v) is 10.5. The summed E-state index contributed by atoms with van der Waals surface area (Å²) in [6.45, 7) is 6.05. The summed E-state index contributed by atoms with van der Waals surface area (Å²) in [5.74, 6) is -0.151. The Kier molecular flexibility index (Phi) is 2.57. The van der Waals surface area contributed by atoms with E-state index < -0.39 is 11.2 Å². The molecular weight excluding hydrogens is 204 g/mol. The molecule has 16 heavy (non-hydrogen) atoms. The van der Waals surface area contributed by atoms with Crippen LogP contribution in [-0.2, 0) is 9.53 Å². The summed E-state index contributed by atoms with van der Waals surface area (Å²) >= 11 is 0. The Morgan fingerprint density at radius 2 is 1.81 bits per heavy atom. The van der Waals surface area contributed by atoms with Crippen LogP contribution in [0.1, 0.15) is 59.3 Å². The van der Waals surface area contributed by atoms with E-state index in [1.54, 1.807) is 0 Å². The molecule has 0 unspecified atom stereocenters. The van der Waals surface area contributed by atoms with Crippen LogP contribution in [0.25, 0.3) is 0 Å². The fraction of sp³-hybridized carbons (Fsp3) is 0.923. The molecule has 92 valence electrons. The number of hydrogen-bond donors (Lipinski definition) is 1. The molecule has 0 aromatic carbocycles. The van der Waals surface area contributed by atoms with Crippen molar-refractivity contribution in [3.05, 3.63) is 0 Å². The molecule has 0 amide bonds. The molecule has 3 heteroatoms. The second-order valence-electron chi connectivity index (χ2n) is 6.17. The number of ether oxygens (including phenoxy) is 1. The number of aliphatic hydroxyl groups is 1. The maximum atomic E-state index is 11.6. The molecule has 2 atom stereocenters. The Balaban J connectivity index is 2.41. The standard InChI is InChI=1S/C13H22O3/c1-11(2)7-5-8-12(3,15)13(11)9-4-6-10(14)16-13/h15H,4-9H2,1-3H3/t12-,13-/m0/s1. The van der Waals surface area contributed by atoms with Crippen LogP contribution in [0.4, 0.5) is 0 Å². The van der Waals surface area contributed by atoms with E-state index in [-0.39, 0.29) is 11.4 Å². The highest BCUT2D eigenvalue weighted by Crippen LogP contribution is 2.55. The summed E-state index contributed by atoms with van der Waals surface area (Å²) in [6.07, 6.45) is 4.85. The molecular formula is C13H22O3. The topological polar surface area (TPSA) is 46.5 Å². The van der Waals surface area contributed by atoms with Crippen LogP contribution in [0, 0.1) is 5.41 Å². The molecule has 3 nitrogen and oxygen atoms in total. The largest absolute Gasteiger partial charge is 0.455 e. The molecule has 1 aliphatic heterocycles. The maximum Gasteiger partial charge on any atom is 0.306 e. The van der Waals surface area contributed by atoms with Gasteiger partial charge >= 0.3 is 5.97 Å². The lowest BCUT2D eigenvalue weighted by Gasteiger charge is -2.58. The summed E-state index contributed by atoms with van der Waals surface area (Å²) in [5, 5.41) is 10.6. The van der Waals surface area contributed by atoms with E-state index in [9.17, 15) is 9.90 Å². The second-order valence-corrected chi connectivity index (χ2v) is 6.17. The third-order valence-corrected chi connectivity index (χ3v) is 4.63. The van der Waals surface area contributed by atoms with Gasteiger partial charge in [0.25, 0.3) is 0 Å². The SMILES string of the molecule is CC1(C)CCC[C@](C)(O)[C@]12CCCC(=O)O2. The first-order valence-corrected chi connectivity index (χ1v) is 6.25. The Morgan fingerprint density at radius 3 is 2.38 bits per heavy atom. The van der Waals surface area contributed by atoms with Gasteiger partial charge in [-0.05, 0) is 39.0 Å². The highest BCUT2D eigenvalue weighted by molar-refractivity contribution is 5.71. The first-order chi connectivity index (χ1) is 7.31. The minimum atomic E-state index is -0.884. The van der Waals surface area contributed by atoms with Gasteiger partial charge < -0.3 is 9.84 Å². The molecule has 1 N–H and O–H groups in total. The lowest BCUT2D eigenvalue weighted by atomic mass is 9.56. The molecule has 2 aliphatic rings. The van der Waals surface area contributed by atoms with Crippen molar-refractivity contribution in [1.82, 2.24) is 0 Å². The molecule has 0 aromatic heterocycles. The van der Waals surface area contributed by atoms with Gasteiger partial charge in [-0.3, -0.25) is 4.79 Å². The number of esters is 1. The minimum Gasteiger partial charge on any atom is -0.455 e. The van der Waals surface area contributed by atoms with Crippen molar-refractivity contribution in [2.75, 3.05) is 0 Å². The highest BCUT2D eigenvalue weighted by atomic mass is 16.6. The Morgan fingerprint density at radius 1 is 1.12 bits per heavy atom. The number of carbonyl (C=O) groups is 1.